The Labute approximate surface area is 76.6 Å². The summed E-state index contributed by atoms with van der Waals surface area (Å²) in [5.41, 5.74) is 1.57. The van der Waals surface area contributed by atoms with Gasteiger partial charge in [0.05, 0.1) is 23.1 Å². The van der Waals surface area contributed by atoms with Gasteiger partial charge in [0.25, 0.3) is 5.56 Å². The summed E-state index contributed by atoms with van der Waals surface area (Å²) < 4.78 is 0. The molecular weight excluding hydrogens is 166 g/mol. The van der Waals surface area contributed by atoms with E-state index in [9.17, 15) is 4.79 Å². The smallest absolute Gasteiger partial charge is 0.255 e. The summed E-state index contributed by atoms with van der Waals surface area (Å²) in [6.45, 7) is 4.84. The average molecular weight is 179 g/mol. The molecule has 0 bridgehead atoms. The van der Waals surface area contributed by atoms with Crippen LogP contribution in [-0.2, 0) is 12.1 Å². The second kappa shape index (κ2) is 2.42. The van der Waals surface area contributed by atoms with Crippen molar-refractivity contribution in [1.29, 1.82) is 0 Å². The Kier molecular flexibility index (Phi) is 1.57. The molecule has 1 aliphatic heterocycles. The van der Waals surface area contributed by atoms with E-state index in [2.05, 4.69) is 28.7 Å². The van der Waals surface area contributed by atoms with Gasteiger partial charge in [-0.15, -0.1) is 0 Å². The largest absolute Gasteiger partial charge is 0.313 e. The molecule has 0 saturated heterocycles. The predicted molar refractivity (Wildman–Crippen MR) is 49.4 cm³/mol. The quantitative estimate of drug-likeness (QED) is 0.629. The van der Waals surface area contributed by atoms with Crippen molar-refractivity contribution in [1.82, 2.24) is 14.9 Å². The number of H-pyrrole nitrogens is 1. The van der Waals surface area contributed by atoms with Gasteiger partial charge < -0.3 is 4.98 Å². The Morgan fingerprint density at radius 3 is 2.92 bits per heavy atom. The van der Waals surface area contributed by atoms with Crippen LogP contribution in [0.5, 0.6) is 0 Å². The Morgan fingerprint density at radius 1 is 1.62 bits per heavy atom. The molecule has 4 nitrogen and oxygen atoms in total. The maximum Gasteiger partial charge on any atom is 0.255 e. The van der Waals surface area contributed by atoms with E-state index < -0.39 is 0 Å². The van der Waals surface area contributed by atoms with Crippen LogP contribution in [0, 0.1) is 0 Å². The van der Waals surface area contributed by atoms with Crippen LogP contribution in [0.15, 0.2) is 11.1 Å². The van der Waals surface area contributed by atoms with Crippen molar-refractivity contribution in [3.05, 3.63) is 27.9 Å². The van der Waals surface area contributed by atoms with Crippen LogP contribution in [0.25, 0.3) is 0 Å². The van der Waals surface area contributed by atoms with Crippen LogP contribution < -0.4 is 5.56 Å². The van der Waals surface area contributed by atoms with Crippen molar-refractivity contribution in [2.24, 2.45) is 0 Å². The summed E-state index contributed by atoms with van der Waals surface area (Å²) in [6, 6.07) is 0. The Hall–Kier alpha value is -1.16. The summed E-state index contributed by atoms with van der Waals surface area (Å²) in [5, 5.41) is 0. The standard InChI is InChI=1S/C9H13N3O/c1-9(2)7-6(4-12(9)3)8(13)11-5-10-7/h5H,4H2,1-3H3,(H,10,11,13). The zero-order chi connectivity index (χ0) is 9.64. The zero-order valence-corrected chi connectivity index (χ0v) is 8.09. The van der Waals surface area contributed by atoms with E-state index in [0.717, 1.165) is 11.3 Å². The van der Waals surface area contributed by atoms with Gasteiger partial charge in [-0.05, 0) is 20.9 Å². The Balaban J connectivity index is 2.68. The van der Waals surface area contributed by atoms with Gasteiger partial charge in [-0.2, -0.15) is 0 Å². The van der Waals surface area contributed by atoms with Gasteiger partial charge in [-0.25, -0.2) is 4.98 Å². The van der Waals surface area contributed by atoms with E-state index in [1.807, 2.05) is 7.05 Å². The summed E-state index contributed by atoms with van der Waals surface area (Å²) >= 11 is 0. The van der Waals surface area contributed by atoms with E-state index in [4.69, 9.17) is 0 Å². The number of aromatic amines is 1. The molecule has 0 aromatic carbocycles. The lowest BCUT2D eigenvalue weighted by Gasteiger charge is -2.27. The highest BCUT2D eigenvalue weighted by atomic mass is 16.1. The van der Waals surface area contributed by atoms with E-state index in [0.29, 0.717) is 6.54 Å². The van der Waals surface area contributed by atoms with Crippen molar-refractivity contribution in [3.8, 4) is 0 Å². The first-order valence-electron chi connectivity index (χ1n) is 4.32. The average Bonchev–Trinajstić information content (AvgIpc) is 2.28. The molecule has 4 heteroatoms. The van der Waals surface area contributed by atoms with Crippen LogP contribution in [0.2, 0.25) is 0 Å². The maximum absolute atomic E-state index is 11.4. The molecule has 2 heterocycles. The zero-order valence-electron chi connectivity index (χ0n) is 8.09. The molecule has 0 amide bonds. The summed E-state index contributed by atoms with van der Waals surface area (Å²) in [7, 11) is 2.00. The highest BCUT2D eigenvalue weighted by Crippen LogP contribution is 2.33. The number of hydrogen-bond donors (Lipinski definition) is 1. The van der Waals surface area contributed by atoms with Gasteiger partial charge in [-0.3, -0.25) is 9.69 Å². The van der Waals surface area contributed by atoms with Crippen LogP contribution in [0.3, 0.4) is 0 Å². The molecule has 0 spiro atoms. The number of nitrogens with zero attached hydrogens (tertiary/aromatic N) is 2. The minimum absolute atomic E-state index is 0.0116. The molecule has 1 aliphatic rings. The first kappa shape index (κ1) is 8.44. The van der Waals surface area contributed by atoms with Gasteiger partial charge in [-0.1, -0.05) is 0 Å². The van der Waals surface area contributed by atoms with Gasteiger partial charge in [0, 0.05) is 6.54 Å². The van der Waals surface area contributed by atoms with E-state index in [1.165, 1.54) is 6.33 Å². The van der Waals surface area contributed by atoms with Crippen LogP contribution >= 0.6 is 0 Å². The first-order chi connectivity index (χ1) is 6.03. The molecule has 0 atom stereocenters. The van der Waals surface area contributed by atoms with Gasteiger partial charge in [0.2, 0.25) is 0 Å². The maximum atomic E-state index is 11.4. The molecule has 13 heavy (non-hydrogen) atoms. The molecule has 1 N–H and O–H groups in total. The van der Waals surface area contributed by atoms with Crippen molar-refractivity contribution in [3.63, 3.8) is 0 Å². The molecule has 1 aromatic heterocycles. The van der Waals surface area contributed by atoms with Crippen molar-refractivity contribution in [2.45, 2.75) is 25.9 Å². The third-order valence-corrected chi connectivity index (χ3v) is 2.88. The minimum atomic E-state index is -0.121. The highest BCUT2D eigenvalue weighted by Gasteiger charge is 2.37. The van der Waals surface area contributed by atoms with Gasteiger partial charge in [0.1, 0.15) is 0 Å². The molecule has 0 saturated carbocycles. The number of rotatable bonds is 0. The number of nitrogens with one attached hydrogen (secondary N) is 1. The molecule has 0 radical (unpaired) electrons. The second-order valence-electron chi connectivity index (χ2n) is 3.97. The van der Waals surface area contributed by atoms with Crippen molar-refractivity contribution < 1.29 is 0 Å². The lowest BCUT2D eigenvalue weighted by atomic mass is 10.0. The van der Waals surface area contributed by atoms with Crippen LogP contribution in [0.1, 0.15) is 25.1 Å². The predicted octanol–water partition coefficient (Wildman–Crippen LogP) is 0.450. The third kappa shape index (κ3) is 1.02. The van der Waals surface area contributed by atoms with Gasteiger partial charge in [0.15, 0.2) is 0 Å². The summed E-state index contributed by atoms with van der Waals surface area (Å²) in [4.78, 5) is 20.4. The third-order valence-electron chi connectivity index (χ3n) is 2.88. The molecule has 1 aromatic rings. The highest BCUT2D eigenvalue weighted by molar-refractivity contribution is 5.28. The molecule has 70 valence electrons. The molecule has 2 rings (SSSR count). The Morgan fingerprint density at radius 2 is 2.31 bits per heavy atom. The fourth-order valence-electron chi connectivity index (χ4n) is 1.72. The van der Waals surface area contributed by atoms with Crippen LogP contribution in [-0.4, -0.2) is 21.9 Å². The van der Waals surface area contributed by atoms with E-state index >= 15 is 0 Å². The SMILES string of the molecule is CN1Cc2c(nc[nH]c2=O)C1(C)C. The Bertz CT molecular complexity index is 394. The molecule has 0 aliphatic carbocycles. The number of hydrogen-bond acceptors (Lipinski definition) is 3. The van der Waals surface area contributed by atoms with Crippen LogP contribution in [0.4, 0.5) is 0 Å². The number of fused-ring (bicyclic) bond motifs is 1. The monoisotopic (exact) mass is 179 g/mol. The molecule has 0 unspecified atom stereocenters. The topological polar surface area (TPSA) is 49.0 Å². The van der Waals surface area contributed by atoms with E-state index in [-0.39, 0.29) is 11.1 Å². The molecule has 0 fully saturated rings. The van der Waals surface area contributed by atoms with E-state index in [1.54, 1.807) is 0 Å². The first-order valence-corrected chi connectivity index (χ1v) is 4.32. The summed E-state index contributed by atoms with van der Waals surface area (Å²) in [6.07, 6.45) is 1.47. The lowest BCUT2D eigenvalue weighted by Crippen LogP contribution is -2.32. The molecular formula is C9H13N3O. The number of aromatic nitrogens is 2. The second-order valence-corrected chi connectivity index (χ2v) is 3.97. The van der Waals surface area contributed by atoms with Gasteiger partial charge >= 0.3 is 0 Å². The minimum Gasteiger partial charge on any atom is -0.313 e. The fraction of sp³-hybridized carbons (Fsp3) is 0.556. The normalized spacial score (nSPS) is 20.2. The van der Waals surface area contributed by atoms with Crippen molar-refractivity contribution >= 4 is 0 Å². The fourth-order valence-corrected chi connectivity index (χ4v) is 1.72. The summed E-state index contributed by atoms with van der Waals surface area (Å²) in [5.74, 6) is 0. The lowest BCUT2D eigenvalue weighted by molar-refractivity contribution is 0.175. The van der Waals surface area contributed by atoms with Crippen molar-refractivity contribution in [2.75, 3.05) is 7.05 Å².